The molecule has 1 unspecified atom stereocenters. The van der Waals surface area contributed by atoms with Gasteiger partial charge in [-0.1, -0.05) is 24.0 Å². The molecule has 1 aliphatic heterocycles. The van der Waals surface area contributed by atoms with Crippen molar-refractivity contribution in [1.82, 2.24) is 4.90 Å². The number of amides is 1. The van der Waals surface area contributed by atoms with E-state index in [1.165, 1.54) is 23.8 Å². The van der Waals surface area contributed by atoms with Crippen LogP contribution in [0.1, 0.15) is 12.0 Å². The van der Waals surface area contributed by atoms with Crippen molar-refractivity contribution in [2.45, 2.75) is 12.5 Å². The van der Waals surface area contributed by atoms with Crippen molar-refractivity contribution in [3.8, 4) is 11.5 Å². The number of methoxy groups -OCH3 is 2. The van der Waals surface area contributed by atoms with E-state index in [0.717, 1.165) is 11.8 Å². The molecular formula is C17H19NO5S3. The number of aliphatic carboxylic acids is 1. The van der Waals surface area contributed by atoms with Crippen LogP contribution in [0.15, 0.2) is 23.1 Å². The van der Waals surface area contributed by atoms with Gasteiger partial charge in [0, 0.05) is 11.6 Å². The molecule has 1 fully saturated rings. The highest BCUT2D eigenvalue weighted by atomic mass is 32.2. The number of ether oxygens (including phenoxy) is 2. The van der Waals surface area contributed by atoms with Gasteiger partial charge in [-0.05, 0) is 36.6 Å². The summed E-state index contributed by atoms with van der Waals surface area (Å²) in [6.45, 7) is 0. The van der Waals surface area contributed by atoms with Crippen molar-refractivity contribution in [2.75, 3.05) is 26.2 Å². The first-order chi connectivity index (χ1) is 12.4. The van der Waals surface area contributed by atoms with E-state index in [4.69, 9.17) is 21.7 Å². The van der Waals surface area contributed by atoms with E-state index in [-0.39, 0.29) is 4.32 Å². The number of carbonyl (C=O) groups excluding carboxylic acids is 1. The lowest BCUT2D eigenvalue weighted by atomic mass is 10.1. The molecule has 1 heterocycles. The first-order valence-electron chi connectivity index (χ1n) is 7.63. The van der Waals surface area contributed by atoms with Gasteiger partial charge >= 0.3 is 5.97 Å². The second kappa shape index (κ2) is 9.29. The van der Waals surface area contributed by atoms with Crippen molar-refractivity contribution in [2.24, 2.45) is 0 Å². The molecule has 6 nitrogen and oxygen atoms in total. The molecule has 1 N–H and O–H groups in total. The van der Waals surface area contributed by atoms with E-state index in [2.05, 4.69) is 0 Å². The van der Waals surface area contributed by atoms with Gasteiger partial charge in [0.25, 0.3) is 5.91 Å². The number of hydrogen-bond acceptors (Lipinski definition) is 7. The summed E-state index contributed by atoms with van der Waals surface area (Å²) in [5.74, 6) is 0.352. The molecule has 0 radical (unpaired) electrons. The number of carboxylic acids is 1. The molecule has 1 aromatic rings. The van der Waals surface area contributed by atoms with Crippen molar-refractivity contribution >= 4 is 58.0 Å². The van der Waals surface area contributed by atoms with Crippen molar-refractivity contribution in [3.63, 3.8) is 0 Å². The Bertz CT molecular complexity index is 750. The van der Waals surface area contributed by atoms with Gasteiger partial charge < -0.3 is 14.6 Å². The van der Waals surface area contributed by atoms with Crippen LogP contribution >= 0.6 is 35.7 Å². The molecule has 1 aliphatic rings. The lowest BCUT2D eigenvalue weighted by molar-refractivity contribution is -0.145. The number of carboxylic acid groups (broad SMARTS) is 1. The van der Waals surface area contributed by atoms with Crippen molar-refractivity contribution in [1.29, 1.82) is 0 Å². The summed E-state index contributed by atoms with van der Waals surface area (Å²) in [6, 6.07) is 4.28. The third-order valence-electron chi connectivity index (χ3n) is 3.74. The molecule has 0 bridgehead atoms. The quantitative estimate of drug-likeness (QED) is 0.515. The smallest absolute Gasteiger partial charge is 0.326 e. The third kappa shape index (κ3) is 4.52. The molecule has 0 spiro atoms. The van der Waals surface area contributed by atoms with Crippen LogP contribution in [0, 0.1) is 0 Å². The molecule has 140 valence electrons. The highest BCUT2D eigenvalue weighted by Crippen LogP contribution is 2.36. The van der Waals surface area contributed by atoms with Gasteiger partial charge in [-0.2, -0.15) is 11.8 Å². The summed E-state index contributed by atoms with van der Waals surface area (Å²) >= 11 is 7.89. The molecule has 26 heavy (non-hydrogen) atoms. The fourth-order valence-electron chi connectivity index (χ4n) is 2.42. The number of benzene rings is 1. The second-order valence-corrected chi connectivity index (χ2v) is 7.96. The predicted octanol–water partition coefficient (Wildman–Crippen LogP) is 3.11. The predicted molar refractivity (Wildman–Crippen MR) is 109 cm³/mol. The van der Waals surface area contributed by atoms with E-state index in [1.54, 1.807) is 31.4 Å². The monoisotopic (exact) mass is 413 g/mol. The van der Waals surface area contributed by atoms with Crippen LogP contribution in [0.5, 0.6) is 11.5 Å². The molecule has 0 aliphatic carbocycles. The summed E-state index contributed by atoms with van der Waals surface area (Å²) in [6.07, 6.45) is 3.88. The molecule has 0 aromatic heterocycles. The Morgan fingerprint density at radius 3 is 2.73 bits per heavy atom. The topological polar surface area (TPSA) is 76.1 Å². The fourth-order valence-corrected chi connectivity index (χ4v) is 4.23. The lowest BCUT2D eigenvalue weighted by Crippen LogP contribution is -2.44. The van der Waals surface area contributed by atoms with Crippen LogP contribution in [-0.2, 0) is 9.59 Å². The highest BCUT2D eigenvalue weighted by Gasteiger charge is 2.40. The van der Waals surface area contributed by atoms with Gasteiger partial charge in [-0.3, -0.25) is 9.69 Å². The standard InChI is InChI=1S/C17H19NO5S3/c1-22-11-5-4-10(13(9-11)23-2)8-14-15(19)18(17(24)26-14)12(16(20)21)6-7-25-3/h4-5,8-9,12H,6-7H2,1-3H3,(H,20,21)/b14-8-. The zero-order valence-electron chi connectivity index (χ0n) is 14.6. The fraction of sp³-hybridized carbons (Fsp3) is 0.353. The van der Waals surface area contributed by atoms with Crippen LogP contribution < -0.4 is 9.47 Å². The number of hydrogen-bond donors (Lipinski definition) is 1. The van der Waals surface area contributed by atoms with Gasteiger partial charge in [0.2, 0.25) is 0 Å². The molecule has 9 heteroatoms. The van der Waals surface area contributed by atoms with Crippen LogP contribution in [-0.4, -0.2) is 58.5 Å². The highest BCUT2D eigenvalue weighted by molar-refractivity contribution is 8.26. The Morgan fingerprint density at radius 1 is 1.42 bits per heavy atom. The van der Waals surface area contributed by atoms with E-state index >= 15 is 0 Å². The zero-order chi connectivity index (χ0) is 19.3. The number of thiocarbonyl (C=S) groups is 1. The average Bonchev–Trinajstić information content (AvgIpc) is 2.89. The second-order valence-electron chi connectivity index (χ2n) is 5.30. The molecule has 1 saturated heterocycles. The largest absolute Gasteiger partial charge is 0.497 e. The first kappa shape index (κ1) is 20.6. The Hall–Kier alpha value is -1.71. The van der Waals surface area contributed by atoms with Gasteiger partial charge in [-0.25, -0.2) is 4.79 Å². The number of rotatable bonds is 8. The molecule has 0 saturated carbocycles. The average molecular weight is 414 g/mol. The van der Waals surface area contributed by atoms with Crippen LogP contribution in [0.3, 0.4) is 0 Å². The van der Waals surface area contributed by atoms with E-state index in [1.807, 2.05) is 6.26 Å². The zero-order valence-corrected chi connectivity index (χ0v) is 17.0. The van der Waals surface area contributed by atoms with E-state index < -0.39 is 17.9 Å². The maximum atomic E-state index is 12.8. The van der Waals surface area contributed by atoms with Crippen LogP contribution in [0.4, 0.5) is 0 Å². The Morgan fingerprint density at radius 2 is 2.15 bits per heavy atom. The Kier molecular flexibility index (Phi) is 7.36. The SMILES string of the molecule is COc1ccc(/C=C2\SC(=S)N(C(CCSC)C(=O)O)C2=O)c(OC)c1. The van der Waals surface area contributed by atoms with Crippen LogP contribution in [0.2, 0.25) is 0 Å². The van der Waals surface area contributed by atoms with Gasteiger partial charge in [0.15, 0.2) is 0 Å². The lowest BCUT2D eigenvalue weighted by Gasteiger charge is -2.22. The van der Waals surface area contributed by atoms with Gasteiger partial charge in [0.1, 0.15) is 21.9 Å². The van der Waals surface area contributed by atoms with Crippen molar-refractivity contribution < 1.29 is 24.2 Å². The summed E-state index contributed by atoms with van der Waals surface area (Å²) in [7, 11) is 3.08. The summed E-state index contributed by atoms with van der Waals surface area (Å²) in [4.78, 5) is 25.9. The number of thioether (sulfide) groups is 2. The third-order valence-corrected chi connectivity index (χ3v) is 5.72. The summed E-state index contributed by atoms with van der Waals surface area (Å²) in [5.41, 5.74) is 0.685. The van der Waals surface area contributed by atoms with E-state index in [0.29, 0.717) is 34.1 Å². The maximum Gasteiger partial charge on any atom is 0.326 e. The number of carbonyl (C=O) groups is 2. The minimum atomic E-state index is -1.06. The minimum Gasteiger partial charge on any atom is -0.497 e. The molecular weight excluding hydrogens is 394 g/mol. The maximum absolute atomic E-state index is 12.8. The summed E-state index contributed by atoms with van der Waals surface area (Å²) < 4.78 is 10.8. The van der Waals surface area contributed by atoms with E-state index in [9.17, 15) is 14.7 Å². The first-order valence-corrected chi connectivity index (χ1v) is 10.3. The molecule has 1 amide bonds. The molecule has 2 rings (SSSR count). The molecule has 1 aromatic carbocycles. The van der Waals surface area contributed by atoms with Gasteiger partial charge in [0.05, 0.1) is 19.1 Å². The number of nitrogens with zero attached hydrogens (tertiary/aromatic N) is 1. The van der Waals surface area contributed by atoms with Crippen LogP contribution in [0.25, 0.3) is 6.08 Å². The van der Waals surface area contributed by atoms with Crippen molar-refractivity contribution in [3.05, 3.63) is 28.7 Å². The normalized spacial score (nSPS) is 16.9. The minimum absolute atomic E-state index is 0.252. The summed E-state index contributed by atoms with van der Waals surface area (Å²) in [5, 5.41) is 9.49. The molecule has 1 atom stereocenters. The van der Waals surface area contributed by atoms with Gasteiger partial charge in [-0.15, -0.1) is 0 Å². The Balaban J connectivity index is 2.33. The Labute approximate surface area is 165 Å².